The van der Waals surface area contributed by atoms with Gasteiger partial charge in [-0.3, -0.25) is 16.0 Å². The summed E-state index contributed by atoms with van der Waals surface area (Å²) in [6.07, 6.45) is 7.06. The van der Waals surface area contributed by atoms with Crippen molar-refractivity contribution in [2.75, 3.05) is 0 Å². The standard InChI is InChI=1S/C14H26N4/c1-4-18-12(8-10-16-18)13(17-15)11-7-5-6-9-14(11,2)3/h8,10-11,13,17H,4-7,9,15H2,1-3H3. The molecule has 4 nitrogen and oxygen atoms in total. The molecule has 1 heterocycles. The number of nitrogens with zero attached hydrogens (tertiary/aromatic N) is 2. The summed E-state index contributed by atoms with van der Waals surface area (Å²) in [5, 5.41) is 4.37. The first-order valence-electron chi connectivity index (χ1n) is 7.08. The van der Waals surface area contributed by atoms with Gasteiger partial charge in [-0.05, 0) is 37.2 Å². The maximum Gasteiger partial charge on any atom is 0.0662 e. The monoisotopic (exact) mass is 250 g/mol. The Kier molecular flexibility index (Phi) is 4.07. The summed E-state index contributed by atoms with van der Waals surface area (Å²) < 4.78 is 2.05. The summed E-state index contributed by atoms with van der Waals surface area (Å²) >= 11 is 0. The summed E-state index contributed by atoms with van der Waals surface area (Å²) in [7, 11) is 0. The number of hydrazine groups is 1. The first-order chi connectivity index (χ1) is 8.60. The van der Waals surface area contributed by atoms with Crippen LogP contribution in [0, 0.1) is 11.3 Å². The average Bonchev–Trinajstić information content (AvgIpc) is 2.80. The van der Waals surface area contributed by atoms with Crippen LogP contribution >= 0.6 is 0 Å². The van der Waals surface area contributed by atoms with Crippen molar-refractivity contribution in [2.24, 2.45) is 17.2 Å². The van der Waals surface area contributed by atoms with Crippen LogP contribution in [0.4, 0.5) is 0 Å². The third-order valence-corrected chi connectivity index (χ3v) is 4.54. The lowest BCUT2D eigenvalue weighted by atomic mass is 9.65. The molecule has 0 spiro atoms. The van der Waals surface area contributed by atoms with Gasteiger partial charge in [-0.15, -0.1) is 0 Å². The molecule has 3 N–H and O–H groups in total. The number of nitrogens with two attached hydrogens (primary N) is 1. The van der Waals surface area contributed by atoms with E-state index < -0.39 is 0 Å². The van der Waals surface area contributed by atoms with E-state index in [-0.39, 0.29) is 6.04 Å². The van der Waals surface area contributed by atoms with Crippen LogP contribution in [0.15, 0.2) is 12.3 Å². The van der Waals surface area contributed by atoms with Crippen molar-refractivity contribution >= 4 is 0 Å². The van der Waals surface area contributed by atoms with Crippen LogP contribution in [-0.2, 0) is 6.54 Å². The normalized spacial score (nSPS) is 25.0. The van der Waals surface area contributed by atoms with Crippen molar-refractivity contribution < 1.29 is 0 Å². The van der Waals surface area contributed by atoms with Crippen LogP contribution in [0.5, 0.6) is 0 Å². The van der Waals surface area contributed by atoms with E-state index in [1.54, 1.807) is 0 Å². The molecule has 1 aliphatic rings. The SMILES string of the molecule is CCn1nccc1C(NN)C1CCCCC1(C)C. The van der Waals surface area contributed by atoms with Crippen molar-refractivity contribution in [2.45, 2.75) is 59.0 Å². The molecule has 2 unspecified atom stereocenters. The number of hydrogen-bond donors (Lipinski definition) is 2. The molecule has 4 heteroatoms. The van der Waals surface area contributed by atoms with Crippen LogP contribution in [0.3, 0.4) is 0 Å². The van der Waals surface area contributed by atoms with Crippen LogP contribution in [-0.4, -0.2) is 9.78 Å². The molecule has 1 saturated carbocycles. The van der Waals surface area contributed by atoms with Gasteiger partial charge in [0.1, 0.15) is 0 Å². The minimum absolute atomic E-state index is 0.211. The van der Waals surface area contributed by atoms with Gasteiger partial charge < -0.3 is 0 Å². The molecule has 1 fully saturated rings. The Morgan fingerprint density at radius 3 is 2.94 bits per heavy atom. The van der Waals surface area contributed by atoms with Gasteiger partial charge in [-0.1, -0.05) is 26.7 Å². The van der Waals surface area contributed by atoms with E-state index >= 15 is 0 Å². The maximum atomic E-state index is 5.85. The highest BCUT2D eigenvalue weighted by Crippen LogP contribution is 2.46. The van der Waals surface area contributed by atoms with Crippen molar-refractivity contribution in [3.63, 3.8) is 0 Å². The van der Waals surface area contributed by atoms with Gasteiger partial charge in [0.05, 0.1) is 11.7 Å². The highest BCUT2D eigenvalue weighted by molar-refractivity contribution is 5.10. The Morgan fingerprint density at radius 2 is 2.33 bits per heavy atom. The van der Waals surface area contributed by atoms with Crippen molar-refractivity contribution in [3.8, 4) is 0 Å². The number of aryl methyl sites for hydroxylation is 1. The molecular weight excluding hydrogens is 224 g/mol. The fraction of sp³-hybridized carbons (Fsp3) is 0.786. The van der Waals surface area contributed by atoms with E-state index in [2.05, 4.69) is 42.0 Å². The van der Waals surface area contributed by atoms with Crippen molar-refractivity contribution in [3.05, 3.63) is 18.0 Å². The first-order valence-corrected chi connectivity index (χ1v) is 7.08. The molecule has 0 aliphatic heterocycles. The summed E-state index contributed by atoms with van der Waals surface area (Å²) in [4.78, 5) is 0. The Hall–Kier alpha value is -0.870. The second kappa shape index (κ2) is 5.41. The molecule has 18 heavy (non-hydrogen) atoms. The Morgan fingerprint density at radius 1 is 1.56 bits per heavy atom. The Bertz CT molecular complexity index is 383. The van der Waals surface area contributed by atoms with Gasteiger partial charge in [0.25, 0.3) is 0 Å². The summed E-state index contributed by atoms with van der Waals surface area (Å²) in [5.41, 5.74) is 4.61. The van der Waals surface area contributed by atoms with Gasteiger partial charge in [-0.25, -0.2) is 0 Å². The lowest BCUT2D eigenvalue weighted by Gasteiger charge is -2.43. The molecule has 1 aromatic heterocycles. The summed E-state index contributed by atoms with van der Waals surface area (Å²) in [5.74, 6) is 6.43. The fourth-order valence-electron chi connectivity index (χ4n) is 3.42. The smallest absolute Gasteiger partial charge is 0.0662 e. The minimum atomic E-state index is 0.211. The van der Waals surface area contributed by atoms with Crippen molar-refractivity contribution in [1.29, 1.82) is 0 Å². The molecule has 2 rings (SSSR count). The van der Waals surface area contributed by atoms with E-state index in [4.69, 9.17) is 5.84 Å². The van der Waals surface area contributed by atoms with Gasteiger partial charge in [0.15, 0.2) is 0 Å². The highest BCUT2D eigenvalue weighted by atomic mass is 15.3. The van der Waals surface area contributed by atoms with Crippen LogP contribution in [0.2, 0.25) is 0 Å². The van der Waals surface area contributed by atoms with Crippen LogP contribution < -0.4 is 11.3 Å². The van der Waals surface area contributed by atoms with E-state index in [1.807, 2.05) is 6.20 Å². The molecule has 0 bridgehead atoms. The van der Waals surface area contributed by atoms with E-state index in [0.29, 0.717) is 11.3 Å². The molecule has 2 atom stereocenters. The number of rotatable bonds is 4. The predicted octanol–water partition coefficient (Wildman–Crippen LogP) is 2.62. The average molecular weight is 250 g/mol. The first kappa shape index (κ1) is 13.6. The largest absolute Gasteiger partial charge is 0.271 e. The highest BCUT2D eigenvalue weighted by Gasteiger charge is 2.38. The Labute approximate surface area is 110 Å². The number of aromatic nitrogens is 2. The number of nitrogens with one attached hydrogen (secondary N) is 1. The molecule has 0 aromatic carbocycles. The van der Waals surface area contributed by atoms with Crippen LogP contribution in [0.25, 0.3) is 0 Å². The predicted molar refractivity (Wildman–Crippen MR) is 73.7 cm³/mol. The van der Waals surface area contributed by atoms with Crippen LogP contribution in [0.1, 0.15) is 58.2 Å². The zero-order chi connectivity index (χ0) is 13.2. The quantitative estimate of drug-likeness (QED) is 0.638. The summed E-state index contributed by atoms with van der Waals surface area (Å²) in [6, 6.07) is 2.31. The lowest BCUT2D eigenvalue weighted by Crippen LogP contribution is -2.42. The lowest BCUT2D eigenvalue weighted by molar-refractivity contribution is 0.0948. The Balaban J connectivity index is 2.27. The molecule has 0 amide bonds. The fourth-order valence-corrected chi connectivity index (χ4v) is 3.42. The third kappa shape index (κ3) is 2.45. The minimum Gasteiger partial charge on any atom is -0.271 e. The molecule has 0 saturated heterocycles. The zero-order valence-corrected chi connectivity index (χ0v) is 11.8. The topological polar surface area (TPSA) is 55.9 Å². The van der Waals surface area contributed by atoms with E-state index in [1.165, 1.54) is 31.4 Å². The van der Waals surface area contributed by atoms with Gasteiger partial charge in [0.2, 0.25) is 0 Å². The van der Waals surface area contributed by atoms with E-state index in [9.17, 15) is 0 Å². The number of hydrogen-bond acceptors (Lipinski definition) is 3. The van der Waals surface area contributed by atoms with Gasteiger partial charge in [-0.2, -0.15) is 5.10 Å². The van der Waals surface area contributed by atoms with E-state index in [0.717, 1.165) is 6.54 Å². The van der Waals surface area contributed by atoms with Gasteiger partial charge >= 0.3 is 0 Å². The molecule has 1 aromatic rings. The molecule has 0 radical (unpaired) electrons. The zero-order valence-electron chi connectivity index (χ0n) is 11.8. The van der Waals surface area contributed by atoms with Crippen molar-refractivity contribution in [1.82, 2.24) is 15.2 Å². The molecule has 1 aliphatic carbocycles. The second-order valence-corrected chi connectivity index (χ2v) is 6.06. The van der Waals surface area contributed by atoms with Gasteiger partial charge in [0, 0.05) is 12.7 Å². The second-order valence-electron chi connectivity index (χ2n) is 6.06. The third-order valence-electron chi connectivity index (χ3n) is 4.54. The molecular formula is C14H26N4. The maximum absolute atomic E-state index is 5.85. The molecule has 102 valence electrons. The summed E-state index contributed by atoms with van der Waals surface area (Å²) in [6.45, 7) is 7.76.